The number of allylic oxidation sites excluding steroid dienone is 2. The fraction of sp³-hybridized carbons (Fsp3) is 0.150. The quantitative estimate of drug-likeness (QED) is 0.543. The lowest BCUT2D eigenvalue weighted by Crippen LogP contribution is -2.21. The van der Waals surface area contributed by atoms with Crippen molar-refractivity contribution in [3.8, 4) is 0 Å². The number of rotatable bonds is 5. The van der Waals surface area contributed by atoms with Crippen LogP contribution in [0.2, 0.25) is 0 Å². The van der Waals surface area contributed by atoms with Gasteiger partial charge in [-0.1, -0.05) is 42.5 Å². The smallest absolute Gasteiger partial charge is 0.270 e. The lowest BCUT2D eigenvalue weighted by molar-refractivity contribution is -0.125. The molecule has 0 bridgehead atoms. The van der Waals surface area contributed by atoms with Crippen LogP contribution in [0.25, 0.3) is 6.08 Å². The lowest BCUT2D eigenvalue weighted by Gasteiger charge is -2.14. The molecular weight excluding hydrogens is 364 g/mol. The van der Waals surface area contributed by atoms with E-state index in [9.17, 15) is 13.2 Å². The molecule has 1 aliphatic carbocycles. The number of nitrogens with one attached hydrogen (secondary N) is 2. The van der Waals surface area contributed by atoms with Gasteiger partial charge in [-0.05, 0) is 54.7 Å². The van der Waals surface area contributed by atoms with Crippen molar-refractivity contribution in [2.45, 2.75) is 24.2 Å². The molecule has 2 aromatic carbocycles. The molecule has 0 atom stereocenters. The second kappa shape index (κ2) is 8.20. The van der Waals surface area contributed by atoms with Crippen LogP contribution in [0.3, 0.4) is 0 Å². The van der Waals surface area contributed by atoms with E-state index in [1.54, 1.807) is 48.0 Å². The van der Waals surface area contributed by atoms with E-state index in [1.807, 2.05) is 12.1 Å². The van der Waals surface area contributed by atoms with Crippen LogP contribution in [-0.2, 0) is 14.8 Å². The molecule has 0 fully saturated rings. The van der Waals surface area contributed by atoms with Crippen LogP contribution >= 0.6 is 0 Å². The SMILES string of the molecule is O=C(NO)C1=C/C(=C/c2cccc(NS(=O)(=O)c3ccccc3)c2)CCC1. The Morgan fingerprint density at radius 2 is 1.81 bits per heavy atom. The number of hydrogen-bond donors (Lipinski definition) is 3. The van der Waals surface area contributed by atoms with E-state index < -0.39 is 15.9 Å². The van der Waals surface area contributed by atoms with Crippen LogP contribution in [0.1, 0.15) is 24.8 Å². The molecule has 0 heterocycles. The molecule has 7 heteroatoms. The molecule has 27 heavy (non-hydrogen) atoms. The number of anilines is 1. The fourth-order valence-electron chi connectivity index (χ4n) is 2.94. The maximum Gasteiger partial charge on any atom is 0.270 e. The molecule has 3 N–H and O–H groups in total. The minimum absolute atomic E-state index is 0.198. The van der Waals surface area contributed by atoms with Gasteiger partial charge in [0.2, 0.25) is 0 Å². The summed E-state index contributed by atoms with van der Waals surface area (Å²) in [4.78, 5) is 11.8. The number of carbonyl (C=O) groups is 1. The normalized spacial score (nSPS) is 15.9. The average molecular weight is 384 g/mol. The Kier molecular flexibility index (Phi) is 5.73. The van der Waals surface area contributed by atoms with E-state index in [-0.39, 0.29) is 4.90 Å². The summed E-state index contributed by atoms with van der Waals surface area (Å²) in [5.41, 5.74) is 4.41. The number of carbonyl (C=O) groups excluding carboxylic acids is 1. The predicted molar refractivity (Wildman–Crippen MR) is 104 cm³/mol. The van der Waals surface area contributed by atoms with Crippen molar-refractivity contribution in [3.05, 3.63) is 77.4 Å². The van der Waals surface area contributed by atoms with Gasteiger partial charge in [-0.25, -0.2) is 13.9 Å². The van der Waals surface area contributed by atoms with Gasteiger partial charge >= 0.3 is 0 Å². The molecule has 140 valence electrons. The summed E-state index contributed by atoms with van der Waals surface area (Å²) in [5, 5.41) is 8.78. The Morgan fingerprint density at radius 1 is 1.04 bits per heavy atom. The van der Waals surface area contributed by atoms with Gasteiger partial charge in [-0.3, -0.25) is 14.7 Å². The molecular formula is C20H20N2O4S. The van der Waals surface area contributed by atoms with Crippen molar-refractivity contribution in [1.29, 1.82) is 0 Å². The van der Waals surface area contributed by atoms with Gasteiger partial charge in [0.25, 0.3) is 15.9 Å². The van der Waals surface area contributed by atoms with Crippen molar-refractivity contribution in [2.24, 2.45) is 0 Å². The van der Waals surface area contributed by atoms with Gasteiger partial charge < -0.3 is 0 Å². The van der Waals surface area contributed by atoms with E-state index in [4.69, 9.17) is 5.21 Å². The van der Waals surface area contributed by atoms with Crippen LogP contribution in [0, 0.1) is 0 Å². The van der Waals surface area contributed by atoms with Crippen molar-refractivity contribution in [3.63, 3.8) is 0 Å². The molecule has 1 aliphatic rings. The first-order valence-electron chi connectivity index (χ1n) is 8.51. The Bertz CT molecular complexity index is 996. The van der Waals surface area contributed by atoms with Crippen LogP contribution in [0.5, 0.6) is 0 Å². The lowest BCUT2D eigenvalue weighted by atomic mass is 9.93. The van der Waals surface area contributed by atoms with Crippen LogP contribution in [-0.4, -0.2) is 19.5 Å². The van der Waals surface area contributed by atoms with Crippen molar-refractivity contribution < 1.29 is 18.4 Å². The molecule has 2 aromatic rings. The minimum Gasteiger partial charge on any atom is -0.288 e. The zero-order chi connectivity index (χ0) is 19.3. The first-order valence-corrected chi connectivity index (χ1v) is 10.00. The number of amides is 1. The molecule has 3 rings (SSSR count). The molecule has 0 saturated heterocycles. The maximum absolute atomic E-state index is 12.4. The summed E-state index contributed by atoms with van der Waals surface area (Å²) in [7, 11) is -3.65. The van der Waals surface area contributed by atoms with E-state index in [2.05, 4.69) is 4.72 Å². The number of sulfonamides is 1. The van der Waals surface area contributed by atoms with Crippen molar-refractivity contribution >= 4 is 27.7 Å². The molecule has 0 spiro atoms. The zero-order valence-corrected chi connectivity index (χ0v) is 15.4. The average Bonchev–Trinajstić information content (AvgIpc) is 2.68. The van der Waals surface area contributed by atoms with Crippen LogP contribution in [0.4, 0.5) is 5.69 Å². The summed E-state index contributed by atoms with van der Waals surface area (Å²) in [6.45, 7) is 0. The van der Waals surface area contributed by atoms with Crippen molar-refractivity contribution in [1.82, 2.24) is 5.48 Å². The predicted octanol–water partition coefficient (Wildman–Crippen LogP) is 3.49. The third-order valence-corrected chi connectivity index (χ3v) is 5.61. The molecule has 1 amide bonds. The standard InChI is InChI=1S/C20H20N2O4S/c23-20(21-24)17-8-4-6-15(13-17)12-16-7-5-9-18(14-16)22-27(25,26)19-10-2-1-3-11-19/h1-3,5,7,9-14,22,24H,4,6,8H2,(H,21,23)/b15-12+. The van der Waals surface area contributed by atoms with Gasteiger partial charge in [0.05, 0.1) is 4.90 Å². The highest BCUT2D eigenvalue weighted by Gasteiger charge is 2.15. The zero-order valence-electron chi connectivity index (χ0n) is 14.6. The minimum atomic E-state index is -3.65. The van der Waals surface area contributed by atoms with Gasteiger partial charge in [-0.2, -0.15) is 0 Å². The van der Waals surface area contributed by atoms with Crippen LogP contribution < -0.4 is 10.2 Å². The third kappa shape index (κ3) is 4.84. The van der Waals surface area contributed by atoms with Gasteiger partial charge in [0, 0.05) is 11.3 Å². The second-order valence-corrected chi connectivity index (χ2v) is 7.91. The fourth-order valence-corrected chi connectivity index (χ4v) is 4.01. The Labute approximate surface area is 158 Å². The highest BCUT2D eigenvalue weighted by molar-refractivity contribution is 7.92. The van der Waals surface area contributed by atoms with Crippen LogP contribution in [0.15, 0.2) is 76.7 Å². The molecule has 0 saturated carbocycles. The van der Waals surface area contributed by atoms with Gasteiger partial charge in [0.1, 0.15) is 0 Å². The third-order valence-electron chi connectivity index (χ3n) is 4.21. The Morgan fingerprint density at radius 3 is 2.56 bits per heavy atom. The van der Waals surface area contributed by atoms with Gasteiger partial charge in [0.15, 0.2) is 0 Å². The highest BCUT2D eigenvalue weighted by Crippen LogP contribution is 2.25. The topological polar surface area (TPSA) is 95.5 Å². The molecule has 6 nitrogen and oxygen atoms in total. The first-order chi connectivity index (χ1) is 13.0. The maximum atomic E-state index is 12.4. The van der Waals surface area contributed by atoms with E-state index in [0.717, 1.165) is 24.0 Å². The van der Waals surface area contributed by atoms with Crippen molar-refractivity contribution in [2.75, 3.05) is 4.72 Å². The second-order valence-electron chi connectivity index (χ2n) is 6.23. The van der Waals surface area contributed by atoms with Gasteiger partial charge in [-0.15, -0.1) is 0 Å². The van der Waals surface area contributed by atoms with E-state index >= 15 is 0 Å². The summed E-state index contributed by atoms with van der Waals surface area (Å²) in [6.07, 6.45) is 5.90. The molecule has 0 radical (unpaired) electrons. The molecule has 0 unspecified atom stereocenters. The monoisotopic (exact) mass is 384 g/mol. The largest absolute Gasteiger partial charge is 0.288 e. The number of hydroxylamine groups is 1. The Hall–Kier alpha value is -2.90. The summed E-state index contributed by atoms with van der Waals surface area (Å²) >= 11 is 0. The van der Waals surface area contributed by atoms with E-state index in [1.165, 1.54) is 12.1 Å². The summed E-state index contributed by atoms with van der Waals surface area (Å²) in [5.74, 6) is -0.495. The molecule has 0 aromatic heterocycles. The number of benzene rings is 2. The summed E-state index contributed by atoms with van der Waals surface area (Å²) < 4.78 is 27.5. The summed E-state index contributed by atoms with van der Waals surface area (Å²) in [6, 6.07) is 15.2. The highest BCUT2D eigenvalue weighted by atomic mass is 32.2. The number of hydrogen-bond acceptors (Lipinski definition) is 4. The van der Waals surface area contributed by atoms with E-state index in [0.29, 0.717) is 17.7 Å². The first kappa shape index (κ1) is 18.9. The Balaban J connectivity index is 1.83. The molecule has 0 aliphatic heterocycles.